The quantitative estimate of drug-likeness (QED) is 0.498. The predicted molar refractivity (Wildman–Crippen MR) is 46.9 cm³/mol. The molecule has 0 aliphatic carbocycles. The van der Waals surface area contributed by atoms with Crippen molar-refractivity contribution in [2.45, 2.75) is 20.3 Å². The first kappa shape index (κ1) is 10.0. The van der Waals surface area contributed by atoms with Crippen molar-refractivity contribution in [2.24, 2.45) is 11.8 Å². The van der Waals surface area contributed by atoms with Gasteiger partial charge < -0.3 is 10.1 Å². The van der Waals surface area contributed by atoms with Crippen LogP contribution in [0.1, 0.15) is 20.3 Å². The van der Waals surface area contributed by atoms with E-state index in [0.717, 1.165) is 0 Å². The molecule has 1 amide bonds. The number of nitrogens with one attached hydrogen (secondary N) is 1. The molecule has 0 radical (unpaired) electrons. The molecule has 1 fully saturated rings. The van der Waals surface area contributed by atoms with E-state index in [2.05, 4.69) is 5.32 Å². The standard InChI is InChI=1S/C9H15NO3/c1-3-13-9(12)7-4-6(2)5-10-8(7)11/h6-7H,3-5H2,1-2H3,(H,10,11)/t6?,7-/m0/s1. The van der Waals surface area contributed by atoms with Crippen LogP contribution in [0, 0.1) is 11.8 Å². The summed E-state index contributed by atoms with van der Waals surface area (Å²) in [5, 5.41) is 2.68. The van der Waals surface area contributed by atoms with Crippen molar-refractivity contribution in [3.63, 3.8) is 0 Å². The van der Waals surface area contributed by atoms with Crippen LogP contribution >= 0.6 is 0 Å². The Balaban J connectivity index is 2.55. The maximum atomic E-state index is 11.3. The highest BCUT2D eigenvalue weighted by molar-refractivity contribution is 5.98. The van der Waals surface area contributed by atoms with Gasteiger partial charge in [-0.1, -0.05) is 6.92 Å². The van der Waals surface area contributed by atoms with E-state index in [-0.39, 0.29) is 5.91 Å². The Labute approximate surface area is 77.6 Å². The fourth-order valence-electron chi connectivity index (χ4n) is 1.44. The molecule has 0 saturated carbocycles. The lowest BCUT2D eigenvalue weighted by Crippen LogP contribution is -2.44. The summed E-state index contributed by atoms with van der Waals surface area (Å²) in [6.45, 7) is 4.74. The Hall–Kier alpha value is -1.06. The van der Waals surface area contributed by atoms with Gasteiger partial charge in [-0.2, -0.15) is 0 Å². The van der Waals surface area contributed by atoms with E-state index in [1.807, 2.05) is 6.92 Å². The normalized spacial score (nSPS) is 28.0. The van der Waals surface area contributed by atoms with Crippen LogP contribution in [0.5, 0.6) is 0 Å². The molecule has 0 spiro atoms. The second-order valence-electron chi connectivity index (χ2n) is 3.39. The van der Waals surface area contributed by atoms with Gasteiger partial charge in [0.25, 0.3) is 0 Å². The summed E-state index contributed by atoms with van der Waals surface area (Å²) >= 11 is 0. The van der Waals surface area contributed by atoms with Crippen molar-refractivity contribution in [1.29, 1.82) is 0 Å². The molecule has 0 aromatic heterocycles. The molecule has 4 nitrogen and oxygen atoms in total. The molecule has 1 aliphatic heterocycles. The number of carbonyl (C=O) groups is 2. The first-order valence-corrected chi connectivity index (χ1v) is 4.59. The molecule has 1 saturated heterocycles. The predicted octanol–water partition coefficient (Wildman–Crippen LogP) is 0.322. The average Bonchev–Trinajstić information content (AvgIpc) is 2.09. The van der Waals surface area contributed by atoms with Crippen LogP contribution in [0.4, 0.5) is 0 Å². The first-order chi connectivity index (χ1) is 6.15. The number of piperidine rings is 1. The van der Waals surface area contributed by atoms with E-state index in [0.29, 0.717) is 25.5 Å². The number of amides is 1. The molecule has 0 aromatic rings. The molecular weight excluding hydrogens is 170 g/mol. The highest BCUT2D eigenvalue weighted by Crippen LogP contribution is 2.17. The minimum Gasteiger partial charge on any atom is -0.465 e. The number of rotatable bonds is 2. The van der Waals surface area contributed by atoms with Crippen LogP contribution in [-0.4, -0.2) is 25.0 Å². The zero-order valence-electron chi connectivity index (χ0n) is 8.00. The molecule has 74 valence electrons. The van der Waals surface area contributed by atoms with E-state index in [4.69, 9.17) is 4.74 Å². The van der Waals surface area contributed by atoms with Gasteiger partial charge in [0.2, 0.25) is 5.91 Å². The van der Waals surface area contributed by atoms with Crippen LogP contribution < -0.4 is 5.32 Å². The average molecular weight is 185 g/mol. The smallest absolute Gasteiger partial charge is 0.318 e. The lowest BCUT2D eigenvalue weighted by Gasteiger charge is -2.25. The molecule has 0 bridgehead atoms. The number of carbonyl (C=O) groups excluding carboxylic acids is 2. The van der Waals surface area contributed by atoms with Gasteiger partial charge in [0, 0.05) is 6.54 Å². The van der Waals surface area contributed by atoms with Crippen molar-refractivity contribution < 1.29 is 14.3 Å². The molecule has 1 rings (SSSR count). The van der Waals surface area contributed by atoms with Crippen LogP contribution in [0.3, 0.4) is 0 Å². The van der Waals surface area contributed by atoms with Crippen molar-refractivity contribution >= 4 is 11.9 Å². The summed E-state index contributed by atoms with van der Waals surface area (Å²) in [6, 6.07) is 0. The summed E-state index contributed by atoms with van der Waals surface area (Å²) in [4.78, 5) is 22.5. The zero-order chi connectivity index (χ0) is 9.84. The van der Waals surface area contributed by atoms with Gasteiger partial charge in [-0.05, 0) is 19.3 Å². The summed E-state index contributed by atoms with van der Waals surface area (Å²) in [5.41, 5.74) is 0. The summed E-state index contributed by atoms with van der Waals surface area (Å²) in [5.74, 6) is -0.834. The Morgan fingerprint density at radius 3 is 3.00 bits per heavy atom. The third kappa shape index (κ3) is 2.44. The van der Waals surface area contributed by atoms with Crippen molar-refractivity contribution in [3.05, 3.63) is 0 Å². The Bertz CT molecular complexity index is 215. The van der Waals surface area contributed by atoms with E-state index >= 15 is 0 Å². The first-order valence-electron chi connectivity index (χ1n) is 4.59. The highest BCUT2D eigenvalue weighted by atomic mass is 16.5. The van der Waals surface area contributed by atoms with E-state index in [1.165, 1.54) is 0 Å². The van der Waals surface area contributed by atoms with Crippen LogP contribution in [0.15, 0.2) is 0 Å². The van der Waals surface area contributed by atoms with Gasteiger partial charge in [-0.25, -0.2) is 0 Å². The minimum absolute atomic E-state index is 0.198. The summed E-state index contributed by atoms with van der Waals surface area (Å²) in [7, 11) is 0. The Morgan fingerprint density at radius 1 is 1.69 bits per heavy atom. The third-order valence-electron chi connectivity index (χ3n) is 2.15. The largest absolute Gasteiger partial charge is 0.465 e. The molecule has 2 atom stereocenters. The molecule has 4 heteroatoms. The summed E-state index contributed by atoms with van der Waals surface area (Å²) in [6.07, 6.45) is 0.602. The fraction of sp³-hybridized carbons (Fsp3) is 0.778. The maximum absolute atomic E-state index is 11.3. The van der Waals surface area contributed by atoms with Crippen molar-refractivity contribution in [1.82, 2.24) is 5.32 Å². The monoisotopic (exact) mass is 185 g/mol. The number of ether oxygens (including phenoxy) is 1. The van der Waals surface area contributed by atoms with Crippen molar-refractivity contribution in [2.75, 3.05) is 13.2 Å². The van der Waals surface area contributed by atoms with E-state index in [9.17, 15) is 9.59 Å². The second-order valence-corrected chi connectivity index (χ2v) is 3.39. The van der Waals surface area contributed by atoms with Gasteiger partial charge in [-0.3, -0.25) is 9.59 Å². The number of hydrogen-bond acceptors (Lipinski definition) is 3. The molecule has 1 aliphatic rings. The van der Waals surface area contributed by atoms with Gasteiger partial charge in [0.1, 0.15) is 5.92 Å². The van der Waals surface area contributed by atoms with Gasteiger partial charge in [-0.15, -0.1) is 0 Å². The highest BCUT2D eigenvalue weighted by Gasteiger charge is 2.33. The Morgan fingerprint density at radius 2 is 2.38 bits per heavy atom. The number of hydrogen-bond donors (Lipinski definition) is 1. The van der Waals surface area contributed by atoms with Crippen LogP contribution in [0.25, 0.3) is 0 Å². The Kier molecular flexibility index (Phi) is 3.28. The number of esters is 1. The van der Waals surface area contributed by atoms with E-state index < -0.39 is 11.9 Å². The molecular formula is C9H15NO3. The molecule has 0 aromatic carbocycles. The lowest BCUT2D eigenvalue weighted by molar-refractivity contribution is -0.154. The third-order valence-corrected chi connectivity index (χ3v) is 2.15. The maximum Gasteiger partial charge on any atom is 0.318 e. The van der Waals surface area contributed by atoms with Crippen LogP contribution in [0.2, 0.25) is 0 Å². The van der Waals surface area contributed by atoms with Crippen LogP contribution in [-0.2, 0) is 14.3 Å². The van der Waals surface area contributed by atoms with Crippen molar-refractivity contribution in [3.8, 4) is 0 Å². The zero-order valence-corrected chi connectivity index (χ0v) is 8.00. The summed E-state index contributed by atoms with van der Waals surface area (Å²) < 4.78 is 4.80. The fourth-order valence-corrected chi connectivity index (χ4v) is 1.44. The van der Waals surface area contributed by atoms with Gasteiger partial charge in [0.05, 0.1) is 6.61 Å². The second kappa shape index (κ2) is 4.25. The molecule has 1 heterocycles. The van der Waals surface area contributed by atoms with Gasteiger partial charge in [0.15, 0.2) is 0 Å². The lowest BCUT2D eigenvalue weighted by atomic mass is 9.91. The SMILES string of the molecule is CCOC(=O)[C@H]1CC(C)CNC1=O. The minimum atomic E-state index is -0.594. The molecule has 1 N–H and O–H groups in total. The van der Waals surface area contributed by atoms with Gasteiger partial charge >= 0.3 is 5.97 Å². The molecule has 1 unspecified atom stereocenters. The topological polar surface area (TPSA) is 55.4 Å². The molecule has 13 heavy (non-hydrogen) atoms. The van der Waals surface area contributed by atoms with E-state index in [1.54, 1.807) is 6.92 Å².